The first-order valence-corrected chi connectivity index (χ1v) is 8.37. The second-order valence-corrected chi connectivity index (χ2v) is 7.65. The van der Waals surface area contributed by atoms with E-state index in [-0.39, 0.29) is 5.41 Å². The summed E-state index contributed by atoms with van der Waals surface area (Å²) < 4.78 is 2.21. The fourth-order valence-electron chi connectivity index (χ4n) is 2.26. The smallest absolute Gasteiger partial charge is 0.150 e. The van der Waals surface area contributed by atoms with Crippen LogP contribution in [-0.4, -0.2) is 14.5 Å². The molecule has 0 amide bonds. The van der Waals surface area contributed by atoms with Crippen LogP contribution in [0.25, 0.3) is 10.7 Å². The zero-order chi connectivity index (χ0) is 16.3. The van der Waals surface area contributed by atoms with Crippen LogP contribution in [0.4, 0.5) is 0 Å². The fraction of sp³-hybridized carbons (Fsp3) is 0.263. The SMILES string of the molecule is CC(C)(C)Cn1ccnc1-c1ccc(C#Cc2ccccn2)s1. The highest BCUT2D eigenvalue weighted by molar-refractivity contribution is 7.15. The largest absolute Gasteiger partial charge is 0.330 e. The van der Waals surface area contributed by atoms with E-state index in [4.69, 9.17) is 0 Å². The van der Waals surface area contributed by atoms with Crippen molar-refractivity contribution in [2.24, 2.45) is 5.41 Å². The number of imidazole rings is 1. The second-order valence-electron chi connectivity index (χ2n) is 6.57. The van der Waals surface area contributed by atoms with Crippen LogP contribution in [0.1, 0.15) is 31.3 Å². The molecular weight excluding hydrogens is 302 g/mol. The van der Waals surface area contributed by atoms with E-state index < -0.39 is 0 Å². The van der Waals surface area contributed by atoms with Crippen LogP contribution >= 0.6 is 11.3 Å². The van der Waals surface area contributed by atoms with E-state index in [0.29, 0.717) is 0 Å². The Morgan fingerprint density at radius 2 is 1.91 bits per heavy atom. The molecule has 0 aliphatic carbocycles. The quantitative estimate of drug-likeness (QED) is 0.653. The Hall–Kier alpha value is -2.38. The van der Waals surface area contributed by atoms with Gasteiger partial charge in [-0.2, -0.15) is 0 Å². The van der Waals surface area contributed by atoms with Gasteiger partial charge in [0.2, 0.25) is 0 Å². The summed E-state index contributed by atoms with van der Waals surface area (Å²) in [6.45, 7) is 7.63. The van der Waals surface area contributed by atoms with E-state index in [9.17, 15) is 0 Å². The first-order valence-electron chi connectivity index (χ1n) is 7.56. The summed E-state index contributed by atoms with van der Waals surface area (Å²) in [5, 5.41) is 0. The fourth-order valence-corrected chi connectivity index (χ4v) is 3.13. The second kappa shape index (κ2) is 6.39. The summed E-state index contributed by atoms with van der Waals surface area (Å²) in [6.07, 6.45) is 5.66. The lowest BCUT2D eigenvalue weighted by atomic mass is 9.97. The zero-order valence-electron chi connectivity index (χ0n) is 13.6. The molecule has 3 nitrogen and oxygen atoms in total. The molecule has 0 aliphatic rings. The van der Waals surface area contributed by atoms with Crippen LogP contribution in [-0.2, 0) is 6.54 Å². The average molecular weight is 321 g/mol. The topological polar surface area (TPSA) is 30.7 Å². The number of thiophene rings is 1. The molecule has 0 spiro atoms. The molecule has 0 saturated heterocycles. The number of nitrogens with zero attached hydrogens (tertiary/aromatic N) is 3. The molecule has 0 unspecified atom stereocenters. The highest BCUT2D eigenvalue weighted by atomic mass is 32.1. The Kier molecular flexibility index (Phi) is 4.31. The van der Waals surface area contributed by atoms with Crippen molar-refractivity contribution < 1.29 is 0 Å². The van der Waals surface area contributed by atoms with E-state index in [1.807, 2.05) is 36.7 Å². The van der Waals surface area contributed by atoms with E-state index in [1.165, 1.54) is 0 Å². The molecule has 0 atom stereocenters. The van der Waals surface area contributed by atoms with Crippen molar-refractivity contribution in [3.63, 3.8) is 0 Å². The maximum atomic E-state index is 4.52. The highest BCUT2D eigenvalue weighted by Gasteiger charge is 2.15. The van der Waals surface area contributed by atoms with Crippen molar-refractivity contribution in [3.05, 3.63) is 59.5 Å². The minimum Gasteiger partial charge on any atom is -0.330 e. The van der Waals surface area contributed by atoms with Crippen molar-refractivity contribution in [2.45, 2.75) is 27.3 Å². The Morgan fingerprint density at radius 1 is 1.04 bits per heavy atom. The highest BCUT2D eigenvalue weighted by Crippen LogP contribution is 2.28. The molecule has 4 heteroatoms. The van der Waals surface area contributed by atoms with Gasteiger partial charge >= 0.3 is 0 Å². The molecule has 3 rings (SSSR count). The number of hydrogen-bond donors (Lipinski definition) is 0. The third-order valence-corrected chi connectivity index (χ3v) is 4.16. The number of rotatable bonds is 2. The van der Waals surface area contributed by atoms with E-state index in [0.717, 1.165) is 27.8 Å². The van der Waals surface area contributed by atoms with Gasteiger partial charge in [-0.3, -0.25) is 0 Å². The van der Waals surface area contributed by atoms with Gasteiger partial charge in [-0.25, -0.2) is 9.97 Å². The number of aromatic nitrogens is 3. The van der Waals surface area contributed by atoms with Gasteiger partial charge in [0.25, 0.3) is 0 Å². The van der Waals surface area contributed by atoms with Gasteiger partial charge in [0, 0.05) is 25.1 Å². The predicted molar refractivity (Wildman–Crippen MR) is 95.2 cm³/mol. The molecule has 116 valence electrons. The number of hydrogen-bond acceptors (Lipinski definition) is 3. The molecule has 0 saturated carbocycles. The van der Waals surface area contributed by atoms with Gasteiger partial charge in [-0.1, -0.05) is 26.8 Å². The minimum absolute atomic E-state index is 0.217. The monoisotopic (exact) mass is 321 g/mol. The van der Waals surface area contributed by atoms with Gasteiger partial charge < -0.3 is 4.57 Å². The minimum atomic E-state index is 0.217. The van der Waals surface area contributed by atoms with E-state index in [1.54, 1.807) is 17.5 Å². The normalized spacial score (nSPS) is 11.1. The summed E-state index contributed by atoms with van der Waals surface area (Å²) in [5.74, 6) is 7.28. The number of pyridine rings is 1. The van der Waals surface area contributed by atoms with Crippen molar-refractivity contribution in [3.8, 4) is 22.5 Å². The molecule has 0 radical (unpaired) electrons. The lowest BCUT2D eigenvalue weighted by molar-refractivity contribution is 0.345. The first kappa shape index (κ1) is 15.5. The predicted octanol–water partition coefficient (Wildman–Crippen LogP) is 4.45. The van der Waals surface area contributed by atoms with Crippen LogP contribution in [0.2, 0.25) is 0 Å². The van der Waals surface area contributed by atoms with Crippen LogP contribution in [0.3, 0.4) is 0 Å². The summed E-state index contributed by atoms with van der Waals surface area (Å²) in [7, 11) is 0. The van der Waals surface area contributed by atoms with Gasteiger partial charge in [-0.15, -0.1) is 11.3 Å². The maximum Gasteiger partial charge on any atom is 0.150 e. The lowest BCUT2D eigenvalue weighted by Gasteiger charge is -2.20. The molecule has 3 heterocycles. The van der Waals surface area contributed by atoms with Crippen LogP contribution < -0.4 is 0 Å². The molecule has 23 heavy (non-hydrogen) atoms. The summed E-state index contributed by atoms with van der Waals surface area (Å²) in [5.41, 5.74) is 1.01. The van der Waals surface area contributed by atoms with Crippen LogP contribution in [0, 0.1) is 17.3 Å². The van der Waals surface area contributed by atoms with E-state index in [2.05, 4.69) is 53.2 Å². The van der Waals surface area contributed by atoms with Crippen molar-refractivity contribution >= 4 is 11.3 Å². The summed E-state index contributed by atoms with van der Waals surface area (Å²) >= 11 is 1.67. The Labute approximate surface area is 141 Å². The Bertz CT molecular complexity index is 842. The average Bonchev–Trinajstić information content (AvgIpc) is 3.13. The Balaban J connectivity index is 1.83. The summed E-state index contributed by atoms with van der Waals surface area (Å²) in [4.78, 5) is 10.9. The molecule has 3 aromatic rings. The maximum absolute atomic E-state index is 4.52. The van der Waals surface area contributed by atoms with Gasteiger partial charge in [0.05, 0.1) is 9.75 Å². The summed E-state index contributed by atoms with van der Waals surface area (Å²) in [6, 6.07) is 9.89. The Morgan fingerprint density at radius 3 is 2.65 bits per heavy atom. The standard InChI is InChI=1S/C19H19N3S/c1-19(2,3)14-22-13-12-21-18(22)17-10-9-16(23-17)8-7-15-6-4-5-11-20-15/h4-6,9-13H,14H2,1-3H3. The molecular formula is C19H19N3S. The molecule has 0 fully saturated rings. The third-order valence-electron chi connectivity index (χ3n) is 3.17. The van der Waals surface area contributed by atoms with Crippen molar-refractivity contribution in [2.75, 3.05) is 0 Å². The third kappa shape index (κ3) is 4.08. The van der Waals surface area contributed by atoms with Crippen LogP contribution in [0.15, 0.2) is 48.9 Å². The van der Waals surface area contributed by atoms with Crippen molar-refractivity contribution in [1.82, 2.24) is 14.5 Å². The molecule has 0 aliphatic heterocycles. The van der Waals surface area contributed by atoms with Gasteiger partial charge in [-0.05, 0) is 41.5 Å². The van der Waals surface area contributed by atoms with Crippen molar-refractivity contribution in [1.29, 1.82) is 0 Å². The zero-order valence-corrected chi connectivity index (χ0v) is 14.4. The van der Waals surface area contributed by atoms with Gasteiger partial charge in [0.15, 0.2) is 0 Å². The van der Waals surface area contributed by atoms with E-state index >= 15 is 0 Å². The van der Waals surface area contributed by atoms with Crippen LogP contribution in [0.5, 0.6) is 0 Å². The van der Waals surface area contributed by atoms with Gasteiger partial charge in [0.1, 0.15) is 11.5 Å². The lowest BCUT2D eigenvalue weighted by Crippen LogP contribution is -2.15. The molecule has 0 bridgehead atoms. The first-order chi connectivity index (χ1) is 11.0. The molecule has 0 N–H and O–H groups in total. The molecule has 3 aromatic heterocycles. The molecule has 0 aromatic carbocycles.